The Hall–Kier alpha value is -2.42. The van der Waals surface area contributed by atoms with Crippen LogP contribution in [-0.4, -0.2) is 15.0 Å². The predicted molar refractivity (Wildman–Crippen MR) is 60.3 cm³/mol. The third-order valence-corrected chi connectivity index (χ3v) is 2.35. The van der Waals surface area contributed by atoms with Crippen molar-refractivity contribution in [3.05, 3.63) is 17.3 Å². The van der Waals surface area contributed by atoms with E-state index in [1.807, 2.05) is 6.92 Å². The van der Waals surface area contributed by atoms with Crippen molar-refractivity contribution in [3.8, 4) is 6.07 Å². The number of nitriles is 1. The summed E-state index contributed by atoms with van der Waals surface area (Å²) in [6, 6.07) is 2.08. The molecule has 2 heterocycles. The van der Waals surface area contributed by atoms with Gasteiger partial charge in [-0.2, -0.15) is 15.2 Å². The monoisotopic (exact) mass is 214 g/mol. The van der Waals surface area contributed by atoms with Gasteiger partial charge in [-0.05, 0) is 12.0 Å². The Balaban J connectivity index is 2.93. The van der Waals surface area contributed by atoms with Crippen molar-refractivity contribution in [1.29, 1.82) is 5.26 Å². The quantitative estimate of drug-likeness (QED) is 0.719. The third kappa shape index (κ3) is 1.39. The second kappa shape index (κ2) is 3.62. The van der Waals surface area contributed by atoms with Gasteiger partial charge in [0.2, 0.25) is 5.95 Å². The topological polar surface area (TPSA) is 114 Å². The fourth-order valence-corrected chi connectivity index (χ4v) is 1.67. The van der Waals surface area contributed by atoms with Gasteiger partial charge in [-0.25, -0.2) is 4.98 Å². The van der Waals surface area contributed by atoms with Crippen LogP contribution in [0.1, 0.15) is 18.1 Å². The first-order chi connectivity index (χ1) is 7.67. The summed E-state index contributed by atoms with van der Waals surface area (Å²) >= 11 is 0. The molecule has 16 heavy (non-hydrogen) atoms. The molecule has 0 atom stereocenters. The summed E-state index contributed by atoms with van der Waals surface area (Å²) in [5.74, 6) is 0.355. The minimum Gasteiger partial charge on any atom is -0.383 e. The molecule has 2 aromatic rings. The van der Waals surface area contributed by atoms with E-state index in [2.05, 4.69) is 21.0 Å². The average Bonchev–Trinajstić information content (AvgIpc) is 2.27. The van der Waals surface area contributed by atoms with Gasteiger partial charge in [0.15, 0.2) is 5.65 Å². The van der Waals surface area contributed by atoms with Crippen LogP contribution < -0.4 is 11.5 Å². The van der Waals surface area contributed by atoms with Crippen molar-refractivity contribution in [2.24, 2.45) is 0 Å². The normalized spacial score (nSPS) is 10.2. The zero-order valence-corrected chi connectivity index (χ0v) is 8.73. The van der Waals surface area contributed by atoms with Crippen LogP contribution in [0, 0.1) is 11.3 Å². The maximum Gasteiger partial charge on any atom is 0.224 e. The molecule has 0 aromatic carbocycles. The maximum absolute atomic E-state index is 8.96. The number of anilines is 2. The highest BCUT2D eigenvalue weighted by molar-refractivity contribution is 5.90. The first-order valence-corrected chi connectivity index (χ1v) is 4.78. The highest BCUT2D eigenvalue weighted by Crippen LogP contribution is 2.24. The highest BCUT2D eigenvalue weighted by Gasteiger charge is 2.12. The lowest BCUT2D eigenvalue weighted by atomic mass is 10.0. The standard InChI is InChI=1S/C10H10N6/c1-2-6-5(3-11)4-14-9-7(6)8(12)15-10(13)16-9/h4H,2H2,1H3,(H4,12,13,14,15,16). The van der Waals surface area contributed by atoms with E-state index in [1.54, 1.807) is 0 Å². The summed E-state index contributed by atoms with van der Waals surface area (Å²) in [6.07, 6.45) is 2.15. The number of nitrogens with zero attached hydrogens (tertiary/aromatic N) is 4. The third-order valence-electron chi connectivity index (χ3n) is 2.35. The second-order valence-electron chi connectivity index (χ2n) is 3.28. The van der Waals surface area contributed by atoms with Crippen LogP contribution in [0.4, 0.5) is 11.8 Å². The van der Waals surface area contributed by atoms with Gasteiger partial charge in [-0.3, -0.25) is 0 Å². The number of pyridine rings is 1. The van der Waals surface area contributed by atoms with Crippen LogP contribution in [0.5, 0.6) is 0 Å². The number of nitrogen functional groups attached to an aromatic ring is 2. The van der Waals surface area contributed by atoms with E-state index in [0.29, 0.717) is 23.0 Å². The zero-order chi connectivity index (χ0) is 11.7. The Labute approximate surface area is 91.9 Å². The molecule has 2 aromatic heterocycles. The Morgan fingerprint density at radius 1 is 1.38 bits per heavy atom. The summed E-state index contributed by atoms with van der Waals surface area (Å²) in [4.78, 5) is 11.9. The first kappa shape index (κ1) is 10.1. The van der Waals surface area contributed by atoms with E-state index in [1.165, 1.54) is 6.20 Å². The molecule has 0 aliphatic heterocycles. The molecule has 0 aliphatic carbocycles. The van der Waals surface area contributed by atoms with Gasteiger partial charge in [0, 0.05) is 6.20 Å². The predicted octanol–water partition coefficient (Wildman–Crippen LogP) is 0.623. The molecular weight excluding hydrogens is 204 g/mol. The SMILES string of the molecule is CCc1c(C#N)cnc2nc(N)nc(N)c12. The van der Waals surface area contributed by atoms with Crippen molar-refractivity contribution in [2.45, 2.75) is 13.3 Å². The molecule has 0 saturated heterocycles. The van der Waals surface area contributed by atoms with Gasteiger partial charge in [0.05, 0.1) is 10.9 Å². The smallest absolute Gasteiger partial charge is 0.224 e. The van der Waals surface area contributed by atoms with Crippen LogP contribution in [0.2, 0.25) is 0 Å². The number of fused-ring (bicyclic) bond motifs is 1. The Morgan fingerprint density at radius 2 is 2.12 bits per heavy atom. The largest absolute Gasteiger partial charge is 0.383 e. The zero-order valence-electron chi connectivity index (χ0n) is 8.73. The van der Waals surface area contributed by atoms with Crippen LogP contribution in [0.15, 0.2) is 6.20 Å². The first-order valence-electron chi connectivity index (χ1n) is 4.78. The lowest BCUT2D eigenvalue weighted by molar-refractivity contribution is 1.11. The lowest BCUT2D eigenvalue weighted by Gasteiger charge is -2.07. The number of hydrogen-bond donors (Lipinski definition) is 2. The molecule has 0 fully saturated rings. The fourth-order valence-electron chi connectivity index (χ4n) is 1.67. The number of hydrogen-bond acceptors (Lipinski definition) is 6. The molecule has 6 heteroatoms. The molecule has 6 nitrogen and oxygen atoms in total. The summed E-state index contributed by atoms with van der Waals surface area (Å²) in [7, 11) is 0. The van der Waals surface area contributed by atoms with Crippen molar-refractivity contribution >= 4 is 22.8 Å². The van der Waals surface area contributed by atoms with Crippen LogP contribution in [0.25, 0.3) is 11.0 Å². The molecule has 2 rings (SSSR count). The Bertz CT molecular complexity index is 598. The molecule has 80 valence electrons. The molecule has 4 N–H and O–H groups in total. The molecule has 0 amide bonds. The van der Waals surface area contributed by atoms with Crippen LogP contribution >= 0.6 is 0 Å². The fraction of sp³-hybridized carbons (Fsp3) is 0.200. The van der Waals surface area contributed by atoms with E-state index < -0.39 is 0 Å². The molecule has 0 radical (unpaired) electrons. The number of aryl methyl sites for hydroxylation is 1. The Morgan fingerprint density at radius 3 is 2.75 bits per heavy atom. The van der Waals surface area contributed by atoms with Gasteiger partial charge in [-0.15, -0.1) is 0 Å². The van der Waals surface area contributed by atoms with Crippen molar-refractivity contribution < 1.29 is 0 Å². The molecule has 0 unspecified atom stereocenters. The van der Waals surface area contributed by atoms with Crippen molar-refractivity contribution in [3.63, 3.8) is 0 Å². The van der Waals surface area contributed by atoms with Crippen LogP contribution in [0.3, 0.4) is 0 Å². The van der Waals surface area contributed by atoms with E-state index in [4.69, 9.17) is 16.7 Å². The number of rotatable bonds is 1. The molecule has 0 aliphatic rings. The van der Waals surface area contributed by atoms with Gasteiger partial charge < -0.3 is 11.5 Å². The van der Waals surface area contributed by atoms with Crippen LogP contribution in [-0.2, 0) is 6.42 Å². The molecular formula is C10H10N6. The van der Waals surface area contributed by atoms with Gasteiger partial charge in [-0.1, -0.05) is 6.92 Å². The van der Waals surface area contributed by atoms with E-state index in [9.17, 15) is 0 Å². The summed E-state index contributed by atoms with van der Waals surface area (Å²) in [6.45, 7) is 1.94. The summed E-state index contributed by atoms with van der Waals surface area (Å²) in [5, 5.41) is 9.58. The Kier molecular flexibility index (Phi) is 2.29. The second-order valence-corrected chi connectivity index (χ2v) is 3.28. The lowest BCUT2D eigenvalue weighted by Crippen LogP contribution is -2.04. The minimum absolute atomic E-state index is 0.0873. The van der Waals surface area contributed by atoms with E-state index >= 15 is 0 Å². The molecule has 0 bridgehead atoms. The van der Waals surface area contributed by atoms with E-state index in [0.717, 1.165) is 5.56 Å². The number of aromatic nitrogens is 3. The minimum atomic E-state index is 0.0873. The molecule has 0 spiro atoms. The van der Waals surface area contributed by atoms with Gasteiger partial charge in [0.1, 0.15) is 11.9 Å². The summed E-state index contributed by atoms with van der Waals surface area (Å²) < 4.78 is 0. The maximum atomic E-state index is 8.96. The summed E-state index contributed by atoms with van der Waals surface area (Å²) in [5.41, 5.74) is 13.0. The van der Waals surface area contributed by atoms with Crippen molar-refractivity contribution in [2.75, 3.05) is 11.5 Å². The van der Waals surface area contributed by atoms with E-state index in [-0.39, 0.29) is 11.8 Å². The average molecular weight is 214 g/mol. The molecule has 0 saturated carbocycles. The highest BCUT2D eigenvalue weighted by atomic mass is 15.1. The van der Waals surface area contributed by atoms with Gasteiger partial charge in [0.25, 0.3) is 0 Å². The van der Waals surface area contributed by atoms with Crippen molar-refractivity contribution in [1.82, 2.24) is 15.0 Å². The van der Waals surface area contributed by atoms with Gasteiger partial charge >= 0.3 is 0 Å². The number of nitrogens with two attached hydrogens (primary N) is 2.